The summed E-state index contributed by atoms with van der Waals surface area (Å²) in [7, 11) is 0. The molecule has 100 valence electrons. The largest absolute Gasteiger partial charge is 0.489 e. The van der Waals surface area contributed by atoms with Crippen molar-refractivity contribution in [1.82, 2.24) is 0 Å². The monoisotopic (exact) mass is 256 g/mol. The number of aliphatic hydroxyl groups excluding tert-OH is 1. The van der Waals surface area contributed by atoms with E-state index in [4.69, 9.17) is 4.74 Å². The van der Waals surface area contributed by atoms with Gasteiger partial charge in [-0.3, -0.25) is 0 Å². The molecule has 2 heteroatoms. The van der Waals surface area contributed by atoms with Crippen molar-refractivity contribution in [3.05, 3.63) is 64.7 Å². The topological polar surface area (TPSA) is 29.5 Å². The molecule has 19 heavy (non-hydrogen) atoms. The molecule has 0 heterocycles. The van der Waals surface area contributed by atoms with Crippen LogP contribution in [0.25, 0.3) is 0 Å². The Kier molecular flexibility index (Phi) is 4.23. The van der Waals surface area contributed by atoms with Gasteiger partial charge in [-0.25, -0.2) is 0 Å². The zero-order valence-corrected chi connectivity index (χ0v) is 11.7. The van der Waals surface area contributed by atoms with Gasteiger partial charge >= 0.3 is 0 Å². The molecule has 2 aromatic carbocycles. The van der Waals surface area contributed by atoms with Crippen LogP contribution in [-0.2, 0) is 6.61 Å². The van der Waals surface area contributed by atoms with E-state index in [2.05, 4.69) is 19.1 Å². The number of aliphatic hydroxyl groups is 1. The average molecular weight is 256 g/mol. The second-order valence-corrected chi connectivity index (χ2v) is 4.99. The first-order valence-electron chi connectivity index (χ1n) is 6.53. The van der Waals surface area contributed by atoms with E-state index in [0.717, 1.165) is 22.4 Å². The maximum absolute atomic E-state index is 9.79. The molecule has 0 saturated heterocycles. The summed E-state index contributed by atoms with van der Waals surface area (Å²) in [5, 5.41) is 9.79. The molecule has 0 aliphatic heterocycles. The zero-order valence-electron chi connectivity index (χ0n) is 11.7. The van der Waals surface area contributed by atoms with Gasteiger partial charge in [0.05, 0.1) is 6.10 Å². The van der Waals surface area contributed by atoms with Gasteiger partial charge in [0.2, 0.25) is 0 Å². The van der Waals surface area contributed by atoms with E-state index in [1.54, 1.807) is 6.92 Å². The van der Waals surface area contributed by atoms with E-state index in [0.29, 0.717) is 6.61 Å². The van der Waals surface area contributed by atoms with Crippen molar-refractivity contribution in [2.45, 2.75) is 33.5 Å². The number of ether oxygens (including phenoxy) is 1. The SMILES string of the molecule is Cc1cccc(COc2ccc(C)cc2[C@@H](C)O)c1. The Morgan fingerprint density at radius 2 is 1.79 bits per heavy atom. The Bertz CT molecular complexity index is 559. The van der Waals surface area contributed by atoms with Gasteiger partial charge in [-0.15, -0.1) is 0 Å². The highest BCUT2D eigenvalue weighted by Crippen LogP contribution is 2.27. The van der Waals surface area contributed by atoms with Gasteiger partial charge in [0.25, 0.3) is 0 Å². The van der Waals surface area contributed by atoms with Crippen LogP contribution in [0.15, 0.2) is 42.5 Å². The molecule has 0 spiro atoms. The number of aryl methyl sites for hydroxylation is 2. The molecule has 2 nitrogen and oxygen atoms in total. The highest BCUT2D eigenvalue weighted by molar-refractivity contribution is 5.38. The summed E-state index contributed by atoms with van der Waals surface area (Å²) in [6.45, 7) is 6.35. The first-order chi connectivity index (χ1) is 9.06. The lowest BCUT2D eigenvalue weighted by Crippen LogP contribution is -2.01. The van der Waals surface area contributed by atoms with Gasteiger partial charge in [-0.2, -0.15) is 0 Å². The molecule has 2 aromatic rings. The normalized spacial score (nSPS) is 12.2. The molecule has 2 rings (SSSR count). The minimum atomic E-state index is -0.521. The predicted molar refractivity (Wildman–Crippen MR) is 77.3 cm³/mol. The Balaban J connectivity index is 2.15. The summed E-state index contributed by atoms with van der Waals surface area (Å²) in [6.07, 6.45) is -0.521. The minimum absolute atomic E-state index is 0.518. The van der Waals surface area contributed by atoms with Crippen molar-refractivity contribution < 1.29 is 9.84 Å². The summed E-state index contributed by atoms with van der Waals surface area (Å²) in [5.41, 5.74) is 4.32. The average Bonchev–Trinajstić information content (AvgIpc) is 2.37. The number of rotatable bonds is 4. The molecule has 0 fully saturated rings. The summed E-state index contributed by atoms with van der Waals surface area (Å²) in [4.78, 5) is 0. The van der Waals surface area contributed by atoms with Crippen molar-refractivity contribution in [1.29, 1.82) is 0 Å². The summed E-state index contributed by atoms with van der Waals surface area (Å²) < 4.78 is 5.83. The molecule has 1 N–H and O–H groups in total. The predicted octanol–water partition coefficient (Wildman–Crippen LogP) is 3.94. The van der Waals surface area contributed by atoms with E-state index >= 15 is 0 Å². The molecule has 0 saturated carbocycles. The Morgan fingerprint density at radius 1 is 1.05 bits per heavy atom. The molecule has 0 radical (unpaired) electrons. The van der Waals surface area contributed by atoms with Crippen LogP contribution in [0.5, 0.6) is 5.75 Å². The van der Waals surface area contributed by atoms with Crippen LogP contribution in [0.1, 0.15) is 35.3 Å². The van der Waals surface area contributed by atoms with Crippen molar-refractivity contribution in [3.63, 3.8) is 0 Å². The first-order valence-corrected chi connectivity index (χ1v) is 6.53. The van der Waals surface area contributed by atoms with E-state index in [9.17, 15) is 5.11 Å². The Morgan fingerprint density at radius 3 is 2.47 bits per heavy atom. The molecule has 0 aliphatic rings. The molecular weight excluding hydrogens is 236 g/mol. The quantitative estimate of drug-likeness (QED) is 0.898. The third kappa shape index (κ3) is 3.58. The van der Waals surface area contributed by atoms with Crippen LogP contribution in [0, 0.1) is 13.8 Å². The maximum atomic E-state index is 9.79. The minimum Gasteiger partial charge on any atom is -0.489 e. The third-order valence-corrected chi connectivity index (χ3v) is 3.09. The van der Waals surface area contributed by atoms with Gasteiger partial charge in [-0.05, 0) is 38.5 Å². The summed E-state index contributed by atoms with van der Waals surface area (Å²) in [5.74, 6) is 0.752. The highest BCUT2D eigenvalue weighted by Gasteiger charge is 2.09. The van der Waals surface area contributed by atoms with Crippen LogP contribution in [-0.4, -0.2) is 5.11 Å². The lowest BCUT2D eigenvalue weighted by atomic mass is 10.1. The third-order valence-electron chi connectivity index (χ3n) is 3.09. The van der Waals surface area contributed by atoms with E-state index in [-0.39, 0.29) is 0 Å². The van der Waals surface area contributed by atoms with Gasteiger partial charge < -0.3 is 9.84 Å². The fourth-order valence-corrected chi connectivity index (χ4v) is 2.09. The van der Waals surface area contributed by atoms with Crippen molar-refractivity contribution in [3.8, 4) is 5.75 Å². The molecule has 0 unspecified atom stereocenters. The zero-order chi connectivity index (χ0) is 13.8. The molecule has 0 amide bonds. The van der Waals surface area contributed by atoms with Crippen LogP contribution < -0.4 is 4.74 Å². The number of hydrogen-bond acceptors (Lipinski definition) is 2. The first kappa shape index (κ1) is 13.6. The van der Waals surface area contributed by atoms with Gasteiger partial charge in [-0.1, -0.05) is 41.5 Å². The molecule has 1 atom stereocenters. The second-order valence-electron chi connectivity index (χ2n) is 4.99. The molecule has 0 aromatic heterocycles. The van der Waals surface area contributed by atoms with E-state index < -0.39 is 6.10 Å². The summed E-state index contributed by atoms with van der Waals surface area (Å²) in [6, 6.07) is 14.1. The standard InChI is InChI=1S/C17H20O2/c1-12-5-4-6-15(9-12)11-19-17-8-7-13(2)10-16(17)14(3)18/h4-10,14,18H,11H2,1-3H3/t14-/m1/s1. The van der Waals surface area contributed by atoms with Crippen molar-refractivity contribution in [2.75, 3.05) is 0 Å². The van der Waals surface area contributed by atoms with E-state index in [1.807, 2.05) is 37.3 Å². The fraction of sp³-hybridized carbons (Fsp3) is 0.294. The van der Waals surface area contributed by atoms with E-state index in [1.165, 1.54) is 5.56 Å². The fourth-order valence-electron chi connectivity index (χ4n) is 2.09. The van der Waals surface area contributed by atoms with Crippen LogP contribution >= 0.6 is 0 Å². The van der Waals surface area contributed by atoms with Crippen molar-refractivity contribution in [2.24, 2.45) is 0 Å². The van der Waals surface area contributed by atoms with Gasteiger partial charge in [0, 0.05) is 5.56 Å². The molecular formula is C17H20O2. The highest BCUT2D eigenvalue weighted by atomic mass is 16.5. The lowest BCUT2D eigenvalue weighted by molar-refractivity contribution is 0.190. The molecule has 0 bridgehead atoms. The summed E-state index contributed by atoms with van der Waals surface area (Å²) >= 11 is 0. The second kappa shape index (κ2) is 5.89. The van der Waals surface area contributed by atoms with Crippen molar-refractivity contribution >= 4 is 0 Å². The van der Waals surface area contributed by atoms with Crippen LogP contribution in [0.3, 0.4) is 0 Å². The maximum Gasteiger partial charge on any atom is 0.125 e. The van der Waals surface area contributed by atoms with Gasteiger partial charge in [0.15, 0.2) is 0 Å². The molecule has 0 aliphatic carbocycles. The van der Waals surface area contributed by atoms with Crippen LogP contribution in [0.2, 0.25) is 0 Å². The number of benzene rings is 2. The van der Waals surface area contributed by atoms with Gasteiger partial charge in [0.1, 0.15) is 12.4 Å². The Labute approximate surface area is 114 Å². The smallest absolute Gasteiger partial charge is 0.125 e. The Hall–Kier alpha value is -1.80. The lowest BCUT2D eigenvalue weighted by Gasteiger charge is -2.14. The number of hydrogen-bond donors (Lipinski definition) is 1. The van der Waals surface area contributed by atoms with Crippen LogP contribution in [0.4, 0.5) is 0 Å².